The van der Waals surface area contributed by atoms with Crippen LogP contribution in [0.5, 0.6) is 0 Å². The molecule has 1 N–H and O–H groups in total. The van der Waals surface area contributed by atoms with E-state index in [0.717, 1.165) is 31.4 Å². The number of piperazine rings is 1. The fraction of sp³-hybridized carbons (Fsp3) is 0.565. The minimum absolute atomic E-state index is 0.0850. The lowest BCUT2D eigenvalue weighted by molar-refractivity contribution is 0.0929. The number of benzene rings is 1. The predicted molar refractivity (Wildman–Crippen MR) is 129 cm³/mol. The third-order valence-electron chi connectivity index (χ3n) is 6.48. The van der Waals surface area contributed by atoms with Gasteiger partial charge in [-0.15, -0.1) is 0 Å². The Bertz CT molecular complexity index is 1070. The lowest BCUT2D eigenvalue weighted by Crippen LogP contribution is -2.49. The van der Waals surface area contributed by atoms with Crippen LogP contribution in [-0.2, 0) is 16.6 Å². The topological polar surface area (TPSA) is 87.5 Å². The van der Waals surface area contributed by atoms with Gasteiger partial charge in [0.25, 0.3) is 15.9 Å². The van der Waals surface area contributed by atoms with Crippen molar-refractivity contribution < 1.29 is 13.2 Å². The Kier molecular flexibility index (Phi) is 7.61. The number of carbonyl (C=O) groups is 1. The molecule has 0 unspecified atom stereocenters. The predicted octanol–water partition coefficient (Wildman–Crippen LogP) is 3.52. The van der Waals surface area contributed by atoms with E-state index >= 15 is 0 Å². The molecule has 1 amide bonds. The van der Waals surface area contributed by atoms with Gasteiger partial charge in [0.2, 0.25) is 5.03 Å². The Hall–Kier alpha value is -2.10. The number of hydrogen-bond donors (Lipinski definition) is 1. The zero-order chi connectivity index (χ0) is 23.4. The second kappa shape index (κ2) is 10.4. The Balaban J connectivity index is 1.50. The maximum absolute atomic E-state index is 13.5. The van der Waals surface area contributed by atoms with E-state index in [1.807, 2.05) is 31.2 Å². The Morgan fingerprint density at radius 1 is 1.12 bits per heavy atom. The van der Waals surface area contributed by atoms with Crippen molar-refractivity contribution in [2.45, 2.75) is 63.1 Å². The van der Waals surface area contributed by atoms with Crippen molar-refractivity contribution in [3.05, 3.63) is 41.0 Å². The molecule has 180 valence electrons. The number of aromatic nitrogens is 2. The third kappa shape index (κ3) is 5.53. The number of sulfonamides is 1. The smallest absolute Gasteiger partial charge is 0.263 e. The summed E-state index contributed by atoms with van der Waals surface area (Å²) >= 11 is 6.11. The van der Waals surface area contributed by atoms with Crippen molar-refractivity contribution in [2.24, 2.45) is 0 Å². The van der Waals surface area contributed by atoms with Gasteiger partial charge in [-0.3, -0.25) is 9.48 Å². The molecule has 2 aromatic rings. The van der Waals surface area contributed by atoms with Crippen molar-refractivity contribution in [3.8, 4) is 0 Å². The molecule has 1 saturated heterocycles. The first-order valence-corrected chi connectivity index (χ1v) is 13.6. The number of anilines is 1. The van der Waals surface area contributed by atoms with Gasteiger partial charge in [0.15, 0.2) is 0 Å². The number of hydrogen-bond acceptors (Lipinski definition) is 5. The summed E-state index contributed by atoms with van der Waals surface area (Å²) in [4.78, 5) is 15.2. The van der Waals surface area contributed by atoms with Crippen LogP contribution in [-0.4, -0.2) is 60.6 Å². The number of rotatable bonds is 6. The lowest BCUT2D eigenvalue weighted by Gasteiger charge is -2.35. The van der Waals surface area contributed by atoms with Crippen LogP contribution in [0, 0.1) is 0 Å². The fourth-order valence-corrected chi connectivity index (χ4v) is 6.29. The summed E-state index contributed by atoms with van der Waals surface area (Å²) < 4.78 is 30.0. The zero-order valence-corrected chi connectivity index (χ0v) is 20.6. The number of nitrogens with zero attached hydrogens (tertiary/aromatic N) is 4. The van der Waals surface area contributed by atoms with Crippen LogP contribution in [0.4, 0.5) is 5.69 Å². The quantitative estimate of drug-likeness (QED) is 0.622. The maximum Gasteiger partial charge on any atom is 0.263 e. The van der Waals surface area contributed by atoms with E-state index in [9.17, 15) is 13.2 Å². The largest absolute Gasteiger partial charge is 0.369 e. The van der Waals surface area contributed by atoms with Gasteiger partial charge in [-0.1, -0.05) is 43.4 Å². The molecule has 33 heavy (non-hydrogen) atoms. The van der Waals surface area contributed by atoms with Crippen molar-refractivity contribution in [2.75, 3.05) is 31.1 Å². The van der Waals surface area contributed by atoms with Gasteiger partial charge in [0, 0.05) is 55.7 Å². The molecule has 2 heterocycles. The molecule has 2 aliphatic rings. The summed E-state index contributed by atoms with van der Waals surface area (Å²) in [5.41, 5.74) is 1.11. The van der Waals surface area contributed by atoms with Crippen LogP contribution in [0.25, 0.3) is 0 Å². The number of carbonyl (C=O) groups excluding carboxylic acids is 1. The molecule has 2 fully saturated rings. The second-order valence-corrected chi connectivity index (χ2v) is 11.0. The number of nitrogens with one attached hydrogen (secondary N) is 1. The summed E-state index contributed by atoms with van der Waals surface area (Å²) in [6, 6.07) is 7.63. The Labute approximate surface area is 200 Å². The van der Waals surface area contributed by atoms with Crippen molar-refractivity contribution in [3.63, 3.8) is 0 Å². The average Bonchev–Trinajstić information content (AvgIpc) is 3.11. The molecule has 1 aromatic heterocycles. The van der Waals surface area contributed by atoms with Crippen LogP contribution in [0.15, 0.2) is 35.5 Å². The highest BCUT2D eigenvalue weighted by Gasteiger charge is 2.35. The van der Waals surface area contributed by atoms with Gasteiger partial charge in [0.1, 0.15) is 0 Å². The monoisotopic (exact) mass is 493 g/mol. The van der Waals surface area contributed by atoms with Crippen LogP contribution < -0.4 is 10.2 Å². The summed E-state index contributed by atoms with van der Waals surface area (Å²) in [7, 11) is -3.90. The van der Waals surface area contributed by atoms with E-state index in [0.29, 0.717) is 37.7 Å². The SMILES string of the molecule is CCn1cc(C(=O)NC2CCCCCC2)c(S(=O)(=O)N2CCN(c3cccc(Cl)c3)CC2)n1. The molecule has 0 radical (unpaired) electrons. The fourth-order valence-electron chi connectivity index (χ4n) is 4.58. The number of halogens is 1. The van der Waals surface area contributed by atoms with E-state index < -0.39 is 10.0 Å². The van der Waals surface area contributed by atoms with Crippen LogP contribution in [0.1, 0.15) is 55.8 Å². The molecular formula is C23H32ClN5O3S. The highest BCUT2D eigenvalue weighted by Crippen LogP contribution is 2.25. The van der Waals surface area contributed by atoms with Gasteiger partial charge in [0.05, 0.1) is 5.56 Å². The van der Waals surface area contributed by atoms with Crippen LogP contribution in [0.3, 0.4) is 0 Å². The molecule has 4 rings (SSSR count). The first-order valence-electron chi connectivity index (χ1n) is 11.8. The molecule has 0 bridgehead atoms. The molecular weight excluding hydrogens is 462 g/mol. The van der Waals surface area contributed by atoms with Crippen LogP contribution >= 0.6 is 11.6 Å². The second-order valence-electron chi connectivity index (χ2n) is 8.74. The molecule has 10 heteroatoms. The van der Waals surface area contributed by atoms with Gasteiger partial charge in [-0.05, 0) is 38.0 Å². The molecule has 1 aliphatic heterocycles. The van der Waals surface area contributed by atoms with Crippen molar-refractivity contribution in [1.82, 2.24) is 19.4 Å². The van der Waals surface area contributed by atoms with Gasteiger partial charge in [-0.2, -0.15) is 9.40 Å². The van der Waals surface area contributed by atoms with Crippen molar-refractivity contribution >= 4 is 33.2 Å². The normalized spacial score (nSPS) is 18.8. The Morgan fingerprint density at radius 3 is 2.45 bits per heavy atom. The van der Waals surface area contributed by atoms with E-state index in [2.05, 4.69) is 15.3 Å². The van der Waals surface area contributed by atoms with Gasteiger partial charge >= 0.3 is 0 Å². The van der Waals surface area contributed by atoms with E-state index in [4.69, 9.17) is 11.6 Å². The Morgan fingerprint density at radius 2 is 1.82 bits per heavy atom. The maximum atomic E-state index is 13.5. The van der Waals surface area contributed by atoms with Crippen LogP contribution in [0.2, 0.25) is 5.02 Å². The highest BCUT2D eigenvalue weighted by molar-refractivity contribution is 7.89. The molecule has 8 nitrogen and oxygen atoms in total. The lowest BCUT2D eigenvalue weighted by atomic mass is 10.1. The molecule has 0 spiro atoms. The number of amides is 1. The van der Waals surface area contributed by atoms with Gasteiger partial charge < -0.3 is 10.2 Å². The summed E-state index contributed by atoms with van der Waals surface area (Å²) in [5, 5.41) is 7.86. The molecule has 1 aliphatic carbocycles. The summed E-state index contributed by atoms with van der Waals surface area (Å²) in [6.07, 6.45) is 7.95. The number of aryl methyl sites for hydroxylation is 1. The first kappa shape index (κ1) is 24.0. The third-order valence-corrected chi connectivity index (χ3v) is 8.55. The zero-order valence-electron chi connectivity index (χ0n) is 19.0. The first-order chi connectivity index (χ1) is 15.9. The minimum atomic E-state index is -3.90. The molecule has 1 aromatic carbocycles. The molecule has 1 saturated carbocycles. The highest BCUT2D eigenvalue weighted by atomic mass is 35.5. The summed E-state index contributed by atoms with van der Waals surface area (Å²) in [5.74, 6) is -0.349. The minimum Gasteiger partial charge on any atom is -0.369 e. The standard InChI is InChI=1S/C23H32ClN5O3S/c1-2-28-17-21(22(30)25-19-9-5-3-4-6-10-19)23(26-28)33(31,32)29-14-12-27(13-15-29)20-11-7-8-18(24)16-20/h7-8,11,16-17,19H,2-6,9-10,12-15H2,1H3,(H,25,30). The van der Waals surface area contributed by atoms with E-state index in [-0.39, 0.29) is 22.5 Å². The average molecular weight is 494 g/mol. The molecule has 0 atom stereocenters. The summed E-state index contributed by atoms with van der Waals surface area (Å²) in [6.45, 7) is 4.08. The van der Waals surface area contributed by atoms with E-state index in [1.54, 1.807) is 6.20 Å². The van der Waals surface area contributed by atoms with Gasteiger partial charge in [-0.25, -0.2) is 8.42 Å². The van der Waals surface area contributed by atoms with E-state index in [1.165, 1.54) is 21.8 Å². The van der Waals surface area contributed by atoms with Crippen molar-refractivity contribution in [1.29, 1.82) is 0 Å².